The van der Waals surface area contributed by atoms with E-state index >= 15 is 0 Å². The van der Waals surface area contributed by atoms with Crippen molar-refractivity contribution in [3.05, 3.63) is 35.1 Å². The Morgan fingerprint density at radius 3 is 2.90 bits per heavy atom. The molecule has 1 aliphatic rings. The third kappa shape index (κ3) is 3.22. The molecule has 0 bridgehead atoms. The summed E-state index contributed by atoms with van der Waals surface area (Å²) in [4.78, 5) is 24.6. The summed E-state index contributed by atoms with van der Waals surface area (Å²) >= 11 is 0. The normalized spacial score (nSPS) is 20.1. The summed E-state index contributed by atoms with van der Waals surface area (Å²) in [5.74, 6) is -1.19. The standard InChI is InChI=1S/C15H18FNO3/c1-2-10-8-17(6-5-14(10)18)9-12-7-11(15(19)20)3-4-13(12)16/h3-4,7,10H,2,5-6,8-9H2,1H3,(H,19,20). The second-order valence-electron chi connectivity index (χ2n) is 5.17. The van der Waals surface area contributed by atoms with Crippen molar-refractivity contribution < 1.29 is 19.1 Å². The molecule has 5 heteroatoms. The van der Waals surface area contributed by atoms with E-state index in [1.807, 2.05) is 11.8 Å². The second-order valence-corrected chi connectivity index (χ2v) is 5.17. The predicted molar refractivity (Wildman–Crippen MR) is 72.0 cm³/mol. The summed E-state index contributed by atoms with van der Waals surface area (Å²) in [6.07, 6.45) is 1.27. The number of halogens is 1. The summed E-state index contributed by atoms with van der Waals surface area (Å²) in [5.41, 5.74) is 0.454. The van der Waals surface area contributed by atoms with E-state index in [-0.39, 0.29) is 17.3 Å². The lowest BCUT2D eigenvalue weighted by molar-refractivity contribution is -0.126. The Bertz CT molecular complexity index is 530. The van der Waals surface area contributed by atoms with E-state index in [0.717, 1.165) is 6.42 Å². The van der Waals surface area contributed by atoms with Gasteiger partial charge in [-0.3, -0.25) is 9.69 Å². The summed E-state index contributed by atoms with van der Waals surface area (Å²) in [6, 6.07) is 3.82. The van der Waals surface area contributed by atoms with Crippen molar-refractivity contribution >= 4 is 11.8 Å². The van der Waals surface area contributed by atoms with Crippen LogP contribution in [0.2, 0.25) is 0 Å². The lowest BCUT2D eigenvalue weighted by atomic mass is 9.93. The number of likely N-dealkylation sites (tertiary alicyclic amines) is 1. The zero-order chi connectivity index (χ0) is 14.7. The van der Waals surface area contributed by atoms with E-state index in [4.69, 9.17) is 5.11 Å². The van der Waals surface area contributed by atoms with Crippen LogP contribution in [0.5, 0.6) is 0 Å². The molecule has 1 N–H and O–H groups in total. The fourth-order valence-corrected chi connectivity index (χ4v) is 2.55. The third-order valence-electron chi connectivity index (χ3n) is 3.79. The SMILES string of the molecule is CCC1CN(Cc2cc(C(=O)O)ccc2F)CCC1=O. The van der Waals surface area contributed by atoms with Crippen molar-refractivity contribution in [1.82, 2.24) is 4.90 Å². The summed E-state index contributed by atoms with van der Waals surface area (Å²) in [7, 11) is 0. The lowest BCUT2D eigenvalue weighted by Crippen LogP contribution is -2.40. The molecular formula is C15H18FNO3. The van der Waals surface area contributed by atoms with Crippen LogP contribution in [0.3, 0.4) is 0 Å². The van der Waals surface area contributed by atoms with Gasteiger partial charge < -0.3 is 5.11 Å². The average Bonchev–Trinajstić information content (AvgIpc) is 2.43. The van der Waals surface area contributed by atoms with E-state index in [1.54, 1.807) is 0 Å². The molecule has 0 amide bonds. The molecule has 1 unspecified atom stereocenters. The molecule has 1 fully saturated rings. The highest BCUT2D eigenvalue weighted by Gasteiger charge is 2.26. The van der Waals surface area contributed by atoms with Crippen molar-refractivity contribution in [2.24, 2.45) is 5.92 Å². The van der Waals surface area contributed by atoms with Crippen molar-refractivity contribution in [1.29, 1.82) is 0 Å². The maximum absolute atomic E-state index is 13.8. The Morgan fingerprint density at radius 2 is 2.25 bits per heavy atom. The summed E-state index contributed by atoms with van der Waals surface area (Å²) in [6.45, 7) is 3.53. The van der Waals surface area contributed by atoms with Crippen LogP contribution in [0.4, 0.5) is 4.39 Å². The van der Waals surface area contributed by atoms with Gasteiger partial charge >= 0.3 is 5.97 Å². The molecule has 1 aromatic carbocycles. The van der Waals surface area contributed by atoms with Gasteiger partial charge in [-0.15, -0.1) is 0 Å². The fourth-order valence-electron chi connectivity index (χ4n) is 2.55. The molecule has 2 rings (SSSR count). The summed E-state index contributed by atoms with van der Waals surface area (Å²) in [5, 5.41) is 8.94. The lowest BCUT2D eigenvalue weighted by Gasteiger charge is -2.31. The van der Waals surface area contributed by atoms with E-state index in [1.165, 1.54) is 18.2 Å². The number of carbonyl (C=O) groups is 2. The quantitative estimate of drug-likeness (QED) is 0.919. The van der Waals surface area contributed by atoms with Crippen LogP contribution in [-0.2, 0) is 11.3 Å². The monoisotopic (exact) mass is 279 g/mol. The maximum atomic E-state index is 13.8. The number of rotatable bonds is 4. The van der Waals surface area contributed by atoms with Gasteiger partial charge in [0.15, 0.2) is 0 Å². The molecule has 1 aromatic rings. The van der Waals surface area contributed by atoms with Crippen LogP contribution in [0.1, 0.15) is 35.7 Å². The molecule has 0 radical (unpaired) electrons. The van der Waals surface area contributed by atoms with E-state index < -0.39 is 11.8 Å². The van der Waals surface area contributed by atoms with Gasteiger partial charge in [-0.05, 0) is 24.6 Å². The fraction of sp³-hybridized carbons (Fsp3) is 0.467. The molecule has 1 saturated heterocycles. The molecule has 0 saturated carbocycles. The number of piperidine rings is 1. The van der Waals surface area contributed by atoms with Gasteiger partial charge in [0.05, 0.1) is 5.56 Å². The first-order valence-corrected chi connectivity index (χ1v) is 6.78. The van der Waals surface area contributed by atoms with Gasteiger partial charge in [0, 0.05) is 37.5 Å². The number of aromatic carboxylic acids is 1. The number of hydrogen-bond donors (Lipinski definition) is 1. The number of benzene rings is 1. The van der Waals surface area contributed by atoms with E-state index in [9.17, 15) is 14.0 Å². The second kappa shape index (κ2) is 6.13. The van der Waals surface area contributed by atoms with Crippen LogP contribution >= 0.6 is 0 Å². The largest absolute Gasteiger partial charge is 0.478 e. The highest BCUT2D eigenvalue weighted by atomic mass is 19.1. The Labute approximate surface area is 117 Å². The minimum atomic E-state index is -1.06. The number of carbonyl (C=O) groups excluding carboxylic acids is 1. The van der Waals surface area contributed by atoms with Gasteiger partial charge in [-0.2, -0.15) is 0 Å². The molecule has 20 heavy (non-hydrogen) atoms. The van der Waals surface area contributed by atoms with Crippen LogP contribution in [-0.4, -0.2) is 34.8 Å². The molecule has 4 nitrogen and oxygen atoms in total. The Kier molecular flexibility index (Phi) is 4.49. The minimum absolute atomic E-state index is 0.00877. The topological polar surface area (TPSA) is 57.6 Å². The van der Waals surface area contributed by atoms with Crippen LogP contribution in [0.25, 0.3) is 0 Å². The van der Waals surface area contributed by atoms with Gasteiger partial charge in [-0.25, -0.2) is 9.18 Å². The van der Waals surface area contributed by atoms with Gasteiger partial charge in [0.1, 0.15) is 11.6 Å². The molecule has 0 aliphatic carbocycles. The van der Waals surface area contributed by atoms with Crippen LogP contribution in [0, 0.1) is 11.7 Å². The van der Waals surface area contributed by atoms with Crippen LogP contribution in [0.15, 0.2) is 18.2 Å². The van der Waals surface area contributed by atoms with Crippen molar-refractivity contribution in [2.45, 2.75) is 26.3 Å². The third-order valence-corrected chi connectivity index (χ3v) is 3.79. The number of carboxylic acids is 1. The smallest absolute Gasteiger partial charge is 0.335 e. The first-order valence-electron chi connectivity index (χ1n) is 6.78. The molecule has 108 valence electrons. The highest BCUT2D eigenvalue weighted by molar-refractivity contribution is 5.87. The predicted octanol–water partition coefficient (Wildman–Crippen LogP) is 2.32. The van der Waals surface area contributed by atoms with Gasteiger partial charge in [0.25, 0.3) is 0 Å². The van der Waals surface area contributed by atoms with Crippen molar-refractivity contribution in [3.8, 4) is 0 Å². The van der Waals surface area contributed by atoms with Gasteiger partial charge in [0.2, 0.25) is 0 Å². The molecule has 1 atom stereocenters. The average molecular weight is 279 g/mol. The zero-order valence-corrected chi connectivity index (χ0v) is 11.4. The number of nitrogens with zero attached hydrogens (tertiary/aromatic N) is 1. The van der Waals surface area contributed by atoms with Crippen molar-refractivity contribution in [2.75, 3.05) is 13.1 Å². The highest BCUT2D eigenvalue weighted by Crippen LogP contribution is 2.20. The molecule has 0 aromatic heterocycles. The Hall–Kier alpha value is -1.75. The number of Topliss-reactive ketones (excluding diaryl/α,β-unsaturated/α-hetero) is 1. The molecular weight excluding hydrogens is 261 g/mol. The number of hydrogen-bond acceptors (Lipinski definition) is 3. The van der Waals surface area contributed by atoms with Crippen molar-refractivity contribution in [3.63, 3.8) is 0 Å². The molecule has 0 spiro atoms. The first-order chi connectivity index (χ1) is 9.51. The first kappa shape index (κ1) is 14.7. The molecule has 1 heterocycles. The number of carboxylic acid groups (broad SMARTS) is 1. The minimum Gasteiger partial charge on any atom is -0.478 e. The molecule has 1 aliphatic heterocycles. The van der Waals surface area contributed by atoms with E-state index in [2.05, 4.69) is 0 Å². The number of ketones is 1. The maximum Gasteiger partial charge on any atom is 0.335 e. The Balaban J connectivity index is 2.11. The van der Waals surface area contributed by atoms with E-state index in [0.29, 0.717) is 31.6 Å². The van der Waals surface area contributed by atoms with Crippen LogP contribution < -0.4 is 0 Å². The summed E-state index contributed by atoms with van der Waals surface area (Å²) < 4.78 is 13.8. The van der Waals surface area contributed by atoms with Gasteiger partial charge in [-0.1, -0.05) is 6.92 Å². The Morgan fingerprint density at radius 1 is 1.50 bits per heavy atom. The zero-order valence-electron chi connectivity index (χ0n) is 11.4.